The molecule has 0 spiro atoms. The van der Waals surface area contributed by atoms with Crippen molar-refractivity contribution in [1.82, 2.24) is 20.0 Å². The summed E-state index contributed by atoms with van der Waals surface area (Å²) in [6, 6.07) is 6.47. The quantitative estimate of drug-likeness (QED) is 0.439. The van der Waals surface area contributed by atoms with E-state index in [0.29, 0.717) is 41.4 Å². The lowest BCUT2D eigenvalue weighted by molar-refractivity contribution is -0.140. The van der Waals surface area contributed by atoms with E-state index in [1.165, 1.54) is 12.0 Å². The van der Waals surface area contributed by atoms with Gasteiger partial charge in [0.2, 0.25) is 0 Å². The lowest BCUT2D eigenvalue weighted by atomic mass is 9.94. The molecule has 1 fully saturated rings. The van der Waals surface area contributed by atoms with Crippen LogP contribution >= 0.6 is 0 Å². The highest BCUT2D eigenvalue weighted by Gasteiger charge is 2.47. The summed E-state index contributed by atoms with van der Waals surface area (Å²) in [5.41, 5.74) is 2.31. The average Bonchev–Trinajstić information content (AvgIpc) is 3.16. The topological polar surface area (TPSA) is 98.8 Å². The van der Waals surface area contributed by atoms with E-state index in [9.17, 15) is 14.7 Å². The molecule has 0 bridgehead atoms. The molecule has 0 radical (unpaired) electrons. The first-order valence-corrected chi connectivity index (χ1v) is 9.35. The molecule has 2 heterocycles. The summed E-state index contributed by atoms with van der Waals surface area (Å²) in [6.45, 7) is 4.40. The van der Waals surface area contributed by atoms with Gasteiger partial charge < -0.3 is 19.6 Å². The molecule has 1 aliphatic rings. The van der Waals surface area contributed by atoms with Gasteiger partial charge >= 0.3 is 0 Å². The number of nitrogens with zero attached hydrogens (tertiary/aromatic N) is 3. The van der Waals surface area contributed by atoms with Crippen LogP contribution in [0.15, 0.2) is 29.8 Å². The number of aliphatic hydroxyl groups excluding tert-OH is 1. The van der Waals surface area contributed by atoms with Crippen LogP contribution in [-0.2, 0) is 9.59 Å². The fraction of sp³-hybridized carbons (Fsp3) is 0.381. The summed E-state index contributed by atoms with van der Waals surface area (Å²) < 4.78 is 5.49. The first-order chi connectivity index (χ1) is 13.8. The van der Waals surface area contributed by atoms with Gasteiger partial charge in [-0.15, -0.1) is 0 Å². The largest absolute Gasteiger partial charge is 0.507 e. The van der Waals surface area contributed by atoms with Crippen molar-refractivity contribution in [3.63, 3.8) is 0 Å². The molecule has 29 heavy (non-hydrogen) atoms. The fourth-order valence-corrected chi connectivity index (χ4v) is 3.67. The Balaban J connectivity index is 2.23. The number of aromatic nitrogens is 2. The normalized spacial score (nSPS) is 18.7. The number of carbonyl (C=O) groups is 2. The Labute approximate surface area is 169 Å². The third-order valence-electron chi connectivity index (χ3n) is 5.13. The van der Waals surface area contributed by atoms with Crippen molar-refractivity contribution in [3.8, 4) is 5.75 Å². The molecular formula is C21H26N4O4. The molecular weight excluding hydrogens is 372 g/mol. The minimum Gasteiger partial charge on any atom is -0.507 e. The van der Waals surface area contributed by atoms with E-state index in [-0.39, 0.29) is 11.3 Å². The maximum Gasteiger partial charge on any atom is 0.295 e. The summed E-state index contributed by atoms with van der Waals surface area (Å²) >= 11 is 0. The Hall–Kier alpha value is -3.13. The van der Waals surface area contributed by atoms with E-state index in [1.54, 1.807) is 26.0 Å². The molecule has 1 aromatic heterocycles. The predicted molar refractivity (Wildman–Crippen MR) is 109 cm³/mol. The van der Waals surface area contributed by atoms with E-state index in [0.717, 1.165) is 0 Å². The van der Waals surface area contributed by atoms with E-state index in [4.69, 9.17) is 4.74 Å². The molecule has 1 aliphatic heterocycles. The number of methoxy groups -OCH3 is 1. The first-order valence-electron chi connectivity index (χ1n) is 9.35. The van der Waals surface area contributed by atoms with Crippen LogP contribution < -0.4 is 4.74 Å². The number of hydrogen-bond donors (Lipinski definition) is 2. The SMILES string of the molecule is COc1ccccc1C1C(=C(O)c2c(C)n[nH]c2C)C(=O)C(=O)N1CCN(C)C. The molecule has 154 valence electrons. The minimum atomic E-state index is -0.750. The van der Waals surface area contributed by atoms with Crippen molar-refractivity contribution in [1.29, 1.82) is 0 Å². The number of nitrogens with one attached hydrogen (secondary N) is 1. The second-order valence-electron chi connectivity index (χ2n) is 7.35. The van der Waals surface area contributed by atoms with Gasteiger partial charge in [-0.25, -0.2) is 0 Å². The van der Waals surface area contributed by atoms with Crippen LogP contribution in [0.1, 0.15) is 28.6 Å². The molecule has 8 heteroatoms. The second-order valence-corrected chi connectivity index (χ2v) is 7.35. The number of ether oxygens (including phenoxy) is 1. The number of likely N-dealkylation sites (N-methyl/N-ethyl adjacent to an activating group) is 1. The van der Waals surface area contributed by atoms with Gasteiger partial charge in [-0.05, 0) is 34.0 Å². The molecule has 0 aliphatic carbocycles. The van der Waals surface area contributed by atoms with Crippen LogP contribution in [0.25, 0.3) is 5.76 Å². The van der Waals surface area contributed by atoms with E-state index >= 15 is 0 Å². The number of aryl methyl sites for hydroxylation is 2. The van der Waals surface area contributed by atoms with Gasteiger partial charge in [0.25, 0.3) is 11.7 Å². The van der Waals surface area contributed by atoms with Gasteiger partial charge in [-0.2, -0.15) is 5.10 Å². The Bertz CT molecular complexity index is 957. The Morgan fingerprint density at radius 1 is 1.28 bits per heavy atom. The van der Waals surface area contributed by atoms with Crippen molar-refractivity contribution in [2.45, 2.75) is 19.9 Å². The number of H-pyrrole nitrogens is 1. The highest BCUT2D eigenvalue weighted by molar-refractivity contribution is 6.46. The van der Waals surface area contributed by atoms with Gasteiger partial charge in [0.05, 0.1) is 30.0 Å². The van der Waals surface area contributed by atoms with Crippen LogP contribution in [-0.4, -0.2) is 71.1 Å². The van der Waals surface area contributed by atoms with Gasteiger partial charge in [0, 0.05) is 24.3 Å². The highest BCUT2D eigenvalue weighted by atomic mass is 16.5. The number of aromatic amines is 1. The fourth-order valence-electron chi connectivity index (χ4n) is 3.67. The number of likely N-dealkylation sites (tertiary alicyclic amines) is 1. The molecule has 3 rings (SSSR count). The van der Waals surface area contributed by atoms with Crippen molar-refractivity contribution >= 4 is 17.4 Å². The number of amides is 1. The van der Waals surface area contributed by atoms with Crippen LogP contribution in [0.2, 0.25) is 0 Å². The number of para-hydroxylation sites is 1. The monoisotopic (exact) mass is 398 g/mol. The zero-order valence-electron chi connectivity index (χ0n) is 17.3. The molecule has 2 aromatic rings. The number of carbonyl (C=O) groups excluding carboxylic acids is 2. The highest BCUT2D eigenvalue weighted by Crippen LogP contribution is 2.42. The van der Waals surface area contributed by atoms with Crippen LogP contribution in [0.5, 0.6) is 5.75 Å². The Morgan fingerprint density at radius 3 is 2.55 bits per heavy atom. The zero-order valence-corrected chi connectivity index (χ0v) is 17.3. The Morgan fingerprint density at radius 2 is 1.97 bits per heavy atom. The third-order valence-corrected chi connectivity index (χ3v) is 5.13. The smallest absolute Gasteiger partial charge is 0.295 e. The summed E-state index contributed by atoms with van der Waals surface area (Å²) in [7, 11) is 5.33. The van der Waals surface area contributed by atoms with Gasteiger partial charge in [-0.1, -0.05) is 18.2 Å². The lowest BCUT2D eigenvalue weighted by Gasteiger charge is -2.27. The van der Waals surface area contributed by atoms with Crippen molar-refractivity contribution in [2.75, 3.05) is 34.3 Å². The maximum absolute atomic E-state index is 13.0. The number of hydrogen-bond acceptors (Lipinski definition) is 6. The van der Waals surface area contributed by atoms with Crippen LogP contribution in [0.4, 0.5) is 0 Å². The van der Waals surface area contributed by atoms with Crippen LogP contribution in [0.3, 0.4) is 0 Å². The molecule has 1 unspecified atom stereocenters. The molecule has 1 atom stereocenters. The van der Waals surface area contributed by atoms with E-state index in [1.807, 2.05) is 31.1 Å². The number of ketones is 1. The zero-order chi connectivity index (χ0) is 21.3. The molecule has 1 amide bonds. The maximum atomic E-state index is 13.0. The summed E-state index contributed by atoms with van der Waals surface area (Å²) in [4.78, 5) is 29.3. The third kappa shape index (κ3) is 3.63. The van der Waals surface area contributed by atoms with Crippen molar-refractivity contribution in [3.05, 3.63) is 52.4 Å². The predicted octanol–water partition coefficient (Wildman–Crippen LogP) is 2.02. The minimum absolute atomic E-state index is 0.0471. The second kappa shape index (κ2) is 8.08. The van der Waals surface area contributed by atoms with Crippen LogP contribution in [0, 0.1) is 13.8 Å². The molecule has 1 saturated heterocycles. The first kappa shape index (κ1) is 20.6. The van der Waals surface area contributed by atoms with Crippen molar-refractivity contribution in [2.24, 2.45) is 0 Å². The molecule has 2 N–H and O–H groups in total. The van der Waals surface area contributed by atoms with Crippen molar-refractivity contribution < 1.29 is 19.4 Å². The standard InChI is InChI=1S/C21H26N4O4/c1-12-16(13(2)23-22-12)19(26)17-18(14-8-6-7-9-15(14)29-5)25(11-10-24(3)4)21(28)20(17)27/h6-9,18,26H,10-11H2,1-5H3,(H,22,23). The molecule has 8 nitrogen and oxygen atoms in total. The molecule has 1 aromatic carbocycles. The number of aliphatic hydroxyl groups is 1. The number of rotatable bonds is 6. The number of benzene rings is 1. The summed E-state index contributed by atoms with van der Waals surface area (Å²) in [5.74, 6) is -1.03. The Kier molecular flexibility index (Phi) is 5.74. The summed E-state index contributed by atoms with van der Waals surface area (Å²) in [6.07, 6.45) is 0. The van der Waals surface area contributed by atoms with E-state index < -0.39 is 17.7 Å². The number of Topliss-reactive ketones (excluding diaryl/α,β-unsaturated/α-hetero) is 1. The lowest BCUT2D eigenvalue weighted by Crippen LogP contribution is -2.35. The molecule has 0 saturated carbocycles. The van der Waals surface area contributed by atoms with Gasteiger partial charge in [0.1, 0.15) is 11.5 Å². The van der Waals surface area contributed by atoms with E-state index in [2.05, 4.69) is 10.2 Å². The summed E-state index contributed by atoms with van der Waals surface area (Å²) in [5, 5.41) is 18.0. The average molecular weight is 398 g/mol. The van der Waals surface area contributed by atoms with Gasteiger partial charge in [0.15, 0.2) is 0 Å². The van der Waals surface area contributed by atoms with Gasteiger partial charge in [-0.3, -0.25) is 14.7 Å².